The van der Waals surface area contributed by atoms with Gasteiger partial charge in [-0.1, -0.05) is 0 Å². The van der Waals surface area contributed by atoms with Crippen molar-refractivity contribution in [2.75, 3.05) is 11.2 Å². The van der Waals surface area contributed by atoms with Crippen LogP contribution in [0.15, 0.2) is 27.1 Å². The molecule has 0 amide bonds. The van der Waals surface area contributed by atoms with E-state index in [-0.39, 0.29) is 11.4 Å². The number of hydrogen-bond acceptors (Lipinski definition) is 8. The average molecular weight is 265 g/mol. The van der Waals surface area contributed by atoms with Crippen molar-refractivity contribution in [3.8, 4) is 0 Å². The Labute approximate surface area is 106 Å². The number of nitrogen functional groups attached to an aromatic ring is 2. The van der Waals surface area contributed by atoms with Crippen LogP contribution in [0.1, 0.15) is 5.82 Å². The number of hydrazine groups is 1. The highest BCUT2D eigenvalue weighted by Crippen LogP contribution is 2.23. The number of rotatable bonds is 3. The van der Waals surface area contributed by atoms with Gasteiger partial charge in [-0.15, -0.1) is 0 Å². The van der Waals surface area contributed by atoms with E-state index in [4.69, 9.17) is 11.6 Å². The molecule has 0 aliphatic carbocycles. The normalized spacial score (nSPS) is 10.3. The zero-order valence-electron chi connectivity index (χ0n) is 9.47. The lowest BCUT2D eigenvalue weighted by Gasteiger charge is -2.04. The number of H-pyrrole nitrogens is 1. The van der Waals surface area contributed by atoms with Crippen LogP contribution in [-0.4, -0.2) is 19.9 Å². The van der Waals surface area contributed by atoms with Gasteiger partial charge >= 0.3 is 0 Å². The Morgan fingerprint density at radius 3 is 2.78 bits per heavy atom. The van der Waals surface area contributed by atoms with Crippen LogP contribution in [0.3, 0.4) is 0 Å². The van der Waals surface area contributed by atoms with Crippen LogP contribution in [0.4, 0.5) is 11.6 Å². The first-order valence-corrected chi connectivity index (χ1v) is 5.75. The van der Waals surface area contributed by atoms with Gasteiger partial charge < -0.3 is 16.1 Å². The fourth-order valence-corrected chi connectivity index (χ4v) is 2.12. The lowest BCUT2D eigenvalue weighted by Crippen LogP contribution is -2.11. The molecule has 18 heavy (non-hydrogen) atoms. The van der Waals surface area contributed by atoms with E-state index in [9.17, 15) is 4.79 Å². The molecule has 0 bridgehead atoms. The van der Waals surface area contributed by atoms with Gasteiger partial charge in [0.15, 0.2) is 5.16 Å². The molecule has 2 rings (SSSR count). The molecule has 0 unspecified atom stereocenters. The predicted octanol–water partition coefficient (Wildman–Crippen LogP) is -0.113. The third-order valence-electron chi connectivity index (χ3n) is 1.90. The van der Waals surface area contributed by atoms with Crippen molar-refractivity contribution in [3.63, 3.8) is 0 Å². The molecule has 9 heteroatoms. The van der Waals surface area contributed by atoms with Crippen molar-refractivity contribution in [1.29, 1.82) is 0 Å². The summed E-state index contributed by atoms with van der Waals surface area (Å²) in [6.07, 6.45) is 0. The van der Waals surface area contributed by atoms with Crippen molar-refractivity contribution in [3.05, 3.63) is 28.3 Å². The van der Waals surface area contributed by atoms with Gasteiger partial charge in [0.05, 0.1) is 0 Å². The van der Waals surface area contributed by atoms with E-state index in [1.54, 1.807) is 13.0 Å². The number of hydrogen-bond donors (Lipinski definition) is 4. The summed E-state index contributed by atoms with van der Waals surface area (Å²) in [4.78, 5) is 26.0. The predicted molar refractivity (Wildman–Crippen MR) is 68.0 cm³/mol. The molecule has 0 spiro atoms. The maximum atomic E-state index is 11.2. The third kappa shape index (κ3) is 2.96. The van der Waals surface area contributed by atoms with Gasteiger partial charge in [-0.3, -0.25) is 4.79 Å². The van der Waals surface area contributed by atoms with E-state index >= 15 is 0 Å². The Kier molecular flexibility index (Phi) is 3.44. The van der Waals surface area contributed by atoms with Crippen molar-refractivity contribution in [2.24, 2.45) is 5.84 Å². The van der Waals surface area contributed by atoms with Crippen molar-refractivity contribution >= 4 is 23.4 Å². The van der Waals surface area contributed by atoms with Crippen molar-refractivity contribution < 1.29 is 0 Å². The topological polar surface area (TPSA) is 136 Å². The summed E-state index contributed by atoms with van der Waals surface area (Å²) in [6, 6.07) is 2.85. The van der Waals surface area contributed by atoms with Gasteiger partial charge in [0.2, 0.25) is 0 Å². The second-order valence-electron chi connectivity index (χ2n) is 3.36. The van der Waals surface area contributed by atoms with E-state index in [1.165, 1.54) is 17.8 Å². The highest BCUT2D eigenvalue weighted by Gasteiger charge is 2.06. The Morgan fingerprint density at radius 2 is 2.11 bits per heavy atom. The zero-order chi connectivity index (χ0) is 13.1. The SMILES string of the molecule is Cc1nc(NN)cc(Sc2nc(N)cc(=O)[nH]2)n1. The van der Waals surface area contributed by atoms with Gasteiger partial charge in [-0.2, -0.15) is 0 Å². The first-order chi connectivity index (χ1) is 8.56. The number of aromatic nitrogens is 4. The third-order valence-corrected chi connectivity index (χ3v) is 2.71. The maximum Gasteiger partial charge on any atom is 0.253 e. The number of aryl methyl sites for hydroxylation is 1. The monoisotopic (exact) mass is 265 g/mol. The number of anilines is 2. The van der Waals surface area contributed by atoms with Crippen LogP contribution < -0.4 is 22.6 Å². The lowest BCUT2D eigenvalue weighted by atomic mass is 10.5. The van der Waals surface area contributed by atoms with Gasteiger partial charge in [-0.05, 0) is 18.7 Å². The molecule has 0 atom stereocenters. The largest absolute Gasteiger partial charge is 0.383 e. The van der Waals surface area contributed by atoms with E-state index < -0.39 is 0 Å². The summed E-state index contributed by atoms with van der Waals surface area (Å²) < 4.78 is 0. The fraction of sp³-hybridized carbons (Fsp3) is 0.111. The summed E-state index contributed by atoms with van der Waals surface area (Å²) in [5, 5.41) is 0.963. The highest BCUT2D eigenvalue weighted by atomic mass is 32.2. The molecule has 0 saturated carbocycles. The minimum atomic E-state index is -0.312. The number of nitrogens with one attached hydrogen (secondary N) is 2. The van der Waals surface area contributed by atoms with Crippen LogP contribution >= 0.6 is 11.8 Å². The summed E-state index contributed by atoms with van der Waals surface area (Å²) >= 11 is 1.17. The number of nitrogens with zero attached hydrogens (tertiary/aromatic N) is 3. The van der Waals surface area contributed by atoms with Crippen LogP contribution in [0.25, 0.3) is 0 Å². The molecule has 2 aromatic rings. The second-order valence-corrected chi connectivity index (χ2v) is 4.37. The maximum absolute atomic E-state index is 11.2. The molecule has 0 radical (unpaired) electrons. The number of aromatic amines is 1. The lowest BCUT2D eigenvalue weighted by molar-refractivity contribution is 0.925. The standard InChI is InChI=1S/C9H11N7OS/c1-4-12-6(16-11)3-8(13-4)18-9-14-5(10)2-7(17)15-9/h2-3H,11H2,1H3,(H,12,13,16)(H3,10,14,15,17). The van der Waals surface area contributed by atoms with Crippen LogP contribution in [0, 0.1) is 6.92 Å². The van der Waals surface area contributed by atoms with Crippen LogP contribution in [0.2, 0.25) is 0 Å². The average Bonchev–Trinajstić information content (AvgIpc) is 2.26. The first-order valence-electron chi connectivity index (χ1n) is 4.94. The summed E-state index contributed by atoms with van der Waals surface area (Å²) in [7, 11) is 0. The zero-order valence-corrected chi connectivity index (χ0v) is 10.3. The van der Waals surface area contributed by atoms with Gasteiger partial charge in [0.1, 0.15) is 22.5 Å². The first kappa shape index (κ1) is 12.3. The van der Waals surface area contributed by atoms with Crippen molar-refractivity contribution in [2.45, 2.75) is 17.1 Å². The molecule has 0 aromatic carbocycles. The molecular weight excluding hydrogens is 254 g/mol. The quantitative estimate of drug-likeness (QED) is 0.261. The molecule has 94 valence electrons. The highest BCUT2D eigenvalue weighted by molar-refractivity contribution is 7.99. The van der Waals surface area contributed by atoms with Crippen LogP contribution in [0.5, 0.6) is 0 Å². The summed E-state index contributed by atoms with van der Waals surface area (Å²) in [5.74, 6) is 6.48. The minimum Gasteiger partial charge on any atom is -0.383 e. The van der Waals surface area contributed by atoms with E-state index in [1.807, 2.05) is 0 Å². The van der Waals surface area contributed by atoms with E-state index in [0.717, 1.165) is 0 Å². The second kappa shape index (κ2) is 5.02. The van der Waals surface area contributed by atoms with E-state index in [2.05, 4.69) is 25.4 Å². The molecule has 0 aliphatic rings. The Bertz CT molecular complexity index is 627. The molecule has 2 heterocycles. The molecule has 0 aliphatic heterocycles. The Morgan fingerprint density at radius 1 is 1.33 bits per heavy atom. The molecule has 6 N–H and O–H groups in total. The fourth-order valence-electron chi connectivity index (χ4n) is 1.27. The van der Waals surface area contributed by atoms with E-state index in [0.29, 0.717) is 21.8 Å². The molecule has 2 aromatic heterocycles. The van der Waals surface area contributed by atoms with Gasteiger partial charge in [-0.25, -0.2) is 20.8 Å². The molecular formula is C9H11N7OS. The molecule has 0 saturated heterocycles. The number of nitrogens with two attached hydrogens (primary N) is 2. The summed E-state index contributed by atoms with van der Waals surface area (Å²) in [5.41, 5.74) is 7.61. The van der Waals surface area contributed by atoms with Crippen molar-refractivity contribution in [1.82, 2.24) is 19.9 Å². The van der Waals surface area contributed by atoms with Gasteiger partial charge in [0, 0.05) is 12.1 Å². The Hall–Kier alpha value is -2.13. The minimum absolute atomic E-state index is 0.157. The van der Waals surface area contributed by atoms with Crippen LogP contribution in [-0.2, 0) is 0 Å². The molecule has 0 fully saturated rings. The summed E-state index contributed by atoms with van der Waals surface area (Å²) in [6.45, 7) is 1.74. The Balaban J connectivity index is 2.33. The molecule has 8 nitrogen and oxygen atoms in total. The smallest absolute Gasteiger partial charge is 0.253 e. The van der Waals surface area contributed by atoms with Gasteiger partial charge in [0.25, 0.3) is 5.56 Å².